The van der Waals surface area contributed by atoms with Crippen LogP contribution in [0.5, 0.6) is 5.75 Å². The van der Waals surface area contributed by atoms with Crippen LogP contribution in [0.15, 0.2) is 79.1 Å². The first-order valence-electron chi connectivity index (χ1n) is 12.1. The number of aromatic nitrogens is 2. The maximum Gasteiger partial charge on any atom is 0.229 e. The third-order valence-corrected chi connectivity index (χ3v) is 7.61. The number of nitrogens with zero attached hydrogens (tertiary/aromatic N) is 3. The number of thiocarbonyl (C=S) groups is 1. The Labute approximate surface area is 228 Å². The van der Waals surface area contributed by atoms with Gasteiger partial charge in [0.1, 0.15) is 11.8 Å². The van der Waals surface area contributed by atoms with Gasteiger partial charge in [-0.05, 0) is 91.8 Å². The van der Waals surface area contributed by atoms with Crippen LogP contribution in [0.3, 0.4) is 0 Å². The Morgan fingerprint density at radius 3 is 2.47 bits per heavy atom. The van der Waals surface area contributed by atoms with E-state index in [1.807, 2.05) is 41.4 Å². The number of anilines is 2. The summed E-state index contributed by atoms with van der Waals surface area (Å²) in [4.78, 5) is 6.64. The van der Waals surface area contributed by atoms with Crippen molar-refractivity contribution >= 4 is 38.7 Å². The molecule has 2 N–H and O–H groups in total. The monoisotopic (exact) mass is 547 g/mol. The minimum Gasteiger partial charge on any atom is -0.495 e. The standard InChI is InChI=1S/C28H29N5O3S2/c1-18-10-11-20(16-19(18)2)32-15-7-9-24(32)27-26(22-8-5-6-14-29-22)30-28(37)33(27)21-12-13-25(36-3)23(17-21)31-38(4,34)35/h5-17,26-27,31H,1-4H3,(H,30,37)/t26-,27-/m0/s1. The van der Waals surface area contributed by atoms with Gasteiger partial charge in [0.15, 0.2) is 5.11 Å². The smallest absolute Gasteiger partial charge is 0.229 e. The molecule has 0 aliphatic carbocycles. The van der Waals surface area contributed by atoms with E-state index in [0.29, 0.717) is 22.2 Å². The summed E-state index contributed by atoms with van der Waals surface area (Å²) < 4.78 is 34.3. The topological polar surface area (TPSA) is 88.5 Å². The van der Waals surface area contributed by atoms with E-state index in [-0.39, 0.29) is 12.1 Å². The number of methoxy groups -OCH3 is 1. The molecule has 196 valence electrons. The number of hydrogen-bond acceptors (Lipinski definition) is 5. The second kappa shape index (κ2) is 10.1. The fourth-order valence-corrected chi connectivity index (χ4v) is 5.71. The number of sulfonamides is 1. The Morgan fingerprint density at radius 1 is 1.00 bits per heavy atom. The number of benzene rings is 2. The summed E-state index contributed by atoms with van der Waals surface area (Å²) in [6, 6.07) is 21.1. The Morgan fingerprint density at radius 2 is 1.79 bits per heavy atom. The zero-order chi connectivity index (χ0) is 27.0. The van der Waals surface area contributed by atoms with Crippen molar-refractivity contribution in [2.24, 2.45) is 0 Å². The number of pyridine rings is 1. The van der Waals surface area contributed by atoms with Crippen LogP contribution < -0.4 is 19.7 Å². The number of aryl methyl sites for hydroxylation is 2. The molecule has 5 rings (SSSR count). The van der Waals surface area contributed by atoms with Crippen molar-refractivity contribution in [3.63, 3.8) is 0 Å². The number of ether oxygens (including phenoxy) is 1. The number of nitrogens with one attached hydrogen (secondary N) is 2. The average molecular weight is 548 g/mol. The number of hydrogen-bond donors (Lipinski definition) is 2. The Balaban J connectivity index is 1.67. The fraction of sp³-hybridized carbons (Fsp3) is 0.214. The SMILES string of the molecule is COc1ccc(N2C(=S)N[C@@H](c3ccccn3)[C@@H]2c2cccn2-c2ccc(C)c(C)c2)cc1NS(C)(=O)=O. The molecule has 0 amide bonds. The van der Waals surface area contributed by atoms with Crippen LogP contribution in [0.25, 0.3) is 5.69 Å². The van der Waals surface area contributed by atoms with Crippen LogP contribution in [0.4, 0.5) is 11.4 Å². The van der Waals surface area contributed by atoms with Gasteiger partial charge in [-0.2, -0.15) is 0 Å². The molecule has 2 aromatic carbocycles. The van der Waals surface area contributed by atoms with Crippen molar-refractivity contribution in [2.75, 3.05) is 23.0 Å². The normalized spacial score (nSPS) is 17.4. The van der Waals surface area contributed by atoms with Gasteiger partial charge in [0.25, 0.3) is 0 Å². The molecule has 1 aliphatic rings. The summed E-state index contributed by atoms with van der Waals surface area (Å²) in [7, 11) is -2.03. The van der Waals surface area contributed by atoms with Crippen LogP contribution in [-0.4, -0.2) is 36.4 Å². The molecule has 1 saturated heterocycles. The first-order valence-corrected chi connectivity index (χ1v) is 14.4. The Bertz CT molecular complexity index is 1600. The van der Waals surface area contributed by atoms with E-state index in [4.69, 9.17) is 17.0 Å². The molecule has 4 aromatic rings. The maximum absolute atomic E-state index is 12.1. The van der Waals surface area contributed by atoms with E-state index in [0.717, 1.165) is 23.3 Å². The maximum atomic E-state index is 12.1. The van der Waals surface area contributed by atoms with Gasteiger partial charge >= 0.3 is 0 Å². The van der Waals surface area contributed by atoms with E-state index in [2.05, 4.69) is 57.7 Å². The summed E-state index contributed by atoms with van der Waals surface area (Å²) in [5.41, 5.74) is 6.36. The van der Waals surface area contributed by atoms with Gasteiger partial charge in [-0.15, -0.1) is 0 Å². The lowest BCUT2D eigenvalue weighted by molar-refractivity contribution is 0.417. The number of rotatable bonds is 7. The fourth-order valence-electron chi connectivity index (χ4n) is 4.80. The lowest BCUT2D eigenvalue weighted by atomic mass is 10.0. The quantitative estimate of drug-likeness (QED) is 0.313. The highest BCUT2D eigenvalue weighted by atomic mass is 32.2. The second-order valence-electron chi connectivity index (χ2n) is 9.33. The predicted molar refractivity (Wildman–Crippen MR) is 155 cm³/mol. The molecular weight excluding hydrogens is 518 g/mol. The van der Waals surface area contributed by atoms with Crippen molar-refractivity contribution in [3.05, 3.63) is 102 Å². The van der Waals surface area contributed by atoms with E-state index in [1.54, 1.807) is 18.3 Å². The van der Waals surface area contributed by atoms with E-state index < -0.39 is 10.0 Å². The predicted octanol–water partition coefficient (Wildman–Crippen LogP) is 5.05. The Hall–Kier alpha value is -3.89. The summed E-state index contributed by atoms with van der Waals surface area (Å²) in [5, 5.41) is 3.97. The Kier molecular flexibility index (Phi) is 6.85. The molecule has 38 heavy (non-hydrogen) atoms. The van der Waals surface area contributed by atoms with Crippen LogP contribution >= 0.6 is 12.2 Å². The minimum absolute atomic E-state index is 0.252. The molecular formula is C28H29N5O3S2. The first kappa shape index (κ1) is 25.7. The van der Waals surface area contributed by atoms with Crippen LogP contribution in [0.1, 0.15) is 34.6 Å². The third kappa shape index (κ3) is 4.97. The zero-order valence-corrected chi connectivity index (χ0v) is 23.2. The zero-order valence-electron chi connectivity index (χ0n) is 21.5. The van der Waals surface area contributed by atoms with Crippen molar-refractivity contribution in [2.45, 2.75) is 25.9 Å². The molecule has 3 heterocycles. The second-order valence-corrected chi connectivity index (χ2v) is 11.5. The van der Waals surface area contributed by atoms with Gasteiger partial charge < -0.3 is 19.5 Å². The molecule has 0 bridgehead atoms. The molecule has 1 fully saturated rings. The third-order valence-electron chi connectivity index (χ3n) is 6.71. The largest absolute Gasteiger partial charge is 0.495 e. The highest BCUT2D eigenvalue weighted by molar-refractivity contribution is 7.92. The van der Waals surface area contributed by atoms with E-state index in [1.165, 1.54) is 18.2 Å². The van der Waals surface area contributed by atoms with E-state index in [9.17, 15) is 8.42 Å². The summed E-state index contributed by atoms with van der Waals surface area (Å²) in [6.45, 7) is 4.20. The molecule has 10 heteroatoms. The summed E-state index contributed by atoms with van der Waals surface area (Å²) in [6.07, 6.45) is 4.92. The molecule has 0 radical (unpaired) electrons. The molecule has 0 saturated carbocycles. The van der Waals surface area contributed by atoms with Gasteiger partial charge in [0.2, 0.25) is 10.0 Å². The first-order chi connectivity index (χ1) is 18.2. The summed E-state index contributed by atoms with van der Waals surface area (Å²) in [5.74, 6) is 0.411. The van der Waals surface area contributed by atoms with Gasteiger partial charge in [0, 0.05) is 29.5 Å². The van der Waals surface area contributed by atoms with Gasteiger partial charge in [-0.1, -0.05) is 12.1 Å². The highest BCUT2D eigenvalue weighted by Crippen LogP contribution is 2.44. The van der Waals surface area contributed by atoms with Crippen LogP contribution in [0.2, 0.25) is 0 Å². The molecule has 0 unspecified atom stereocenters. The van der Waals surface area contributed by atoms with Crippen LogP contribution in [0, 0.1) is 13.8 Å². The molecule has 1 aliphatic heterocycles. The lowest BCUT2D eigenvalue weighted by Gasteiger charge is -2.29. The minimum atomic E-state index is -3.54. The van der Waals surface area contributed by atoms with Crippen molar-refractivity contribution in [1.82, 2.24) is 14.9 Å². The molecule has 2 atom stereocenters. The van der Waals surface area contributed by atoms with Crippen molar-refractivity contribution < 1.29 is 13.2 Å². The summed E-state index contributed by atoms with van der Waals surface area (Å²) >= 11 is 5.87. The van der Waals surface area contributed by atoms with Crippen molar-refractivity contribution in [3.8, 4) is 11.4 Å². The lowest BCUT2D eigenvalue weighted by Crippen LogP contribution is -2.30. The molecule has 2 aromatic heterocycles. The molecule has 0 spiro atoms. The molecule has 8 nitrogen and oxygen atoms in total. The van der Waals surface area contributed by atoms with Gasteiger partial charge in [-0.3, -0.25) is 9.71 Å². The van der Waals surface area contributed by atoms with Gasteiger partial charge in [-0.25, -0.2) is 8.42 Å². The van der Waals surface area contributed by atoms with E-state index >= 15 is 0 Å². The van der Waals surface area contributed by atoms with Crippen LogP contribution in [-0.2, 0) is 10.0 Å². The highest BCUT2D eigenvalue weighted by Gasteiger charge is 2.42. The van der Waals surface area contributed by atoms with Gasteiger partial charge in [0.05, 0.1) is 30.8 Å². The van der Waals surface area contributed by atoms with Crippen molar-refractivity contribution in [1.29, 1.82) is 0 Å². The average Bonchev–Trinajstić information content (AvgIpc) is 3.49.